The van der Waals surface area contributed by atoms with Gasteiger partial charge in [0.2, 0.25) is 5.95 Å². The number of hydrogen-bond acceptors (Lipinski definition) is 7. The summed E-state index contributed by atoms with van der Waals surface area (Å²) >= 11 is 1.48. The van der Waals surface area contributed by atoms with E-state index in [9.17, 15) is 9.90 Å². The zero-order valence-electron chi connectivity index (χ0n) is 16.7. The zero-order chi connectivity index (χ0) is 19.9. The molecule has 0 bridgehead atoms. The molecule has 2 aromatic rings. The summed E-state index contributed by atoms with van der Waals surface area (Å²) in [5, 5.41) is 11.5. The SMILES string of the molecule is Cc1ccnc(N2CC(O)CC3(CCN(C(=O)c4sc(C)nc4C)CC3)C2)n1. The van der Waals surface area contributed by atoms with Crippen molar-refractivity contribution in [2.75, 3.05) is 31.1 Å². The maximum atomic E-state index is 12.9. The minimum atomic E-state index is -0.397. The number of anilines is 1. The molecule has 0 aromatic carbocycles. The van der Waals surface area contributed by atoms with E-state index in [1.54, 1.807) is 6.20 Å². The van der Waals surface area contributed by atoms with Crippen LogP contribution in [0.2, 0.25) is 0 Å². The number of hydrogen-bond donors (Lipinski definition) is 1. The molecule has 2 saturated heterocycles. The first-order valence-corrected chi connectivity index (χ1v) is 10.6. The number of β-amino-alcohol motifs (C(OH)–C–C–N with tert-alkyl or cyclic N) is 1. The van der Waals surface area contributed by atoms with E-state index in [4.69, 9.17) is 0 Å². The van der Waals surface area contributed by atoms with Crippen molar-refractivity contribution in [3.05, 3.63) is 33.5 Å². The molecule has 2 aromatic heterocycles. The van der Waals surface area contributed by atoms with Gasteiger partial charge in [0.25, 0.3) is 5.91 Å². The summed E-state index contributed by atoms with van der Waals surface area (Å²) < 4.78 is 0. The summed E-state index contributed by atoms with van der Waals surface area (Å²) in [6, 6.07) is 1.88. The van der Waals surface area contributed by atoms with E-state index in [0.29, 0.717) is 25.6 Å². The molecule has 1 N–H and O–H groups in total. The predicted molar refractivity (Wildman–Crippen MR) is 109 cm³/mol. The Bertz CT molecular complexity index is 875. The monoisotopic (exact) mass is 401 g/mol. The maximum Gasteiger partial charge on any atom is 0.265 e. The average Bonchev–Trinajstić information content (AvgIpc) is 2.99. The Hall–Kier alpha value is -2.06. The maximum absolute atomic E-state index is 12.9. The molecule has 7 nitrogen and oxygen atoms in total. The lowest BCUT2D eigenvalue weighted by Gasteiger charge is -2.49. The molecule has 1 amide bonds. The molecule has 0 radical (unpaired) electrons. The van der Waals surface area contributed by atoms with Crippen molar-refractivity contribution in [3.63, 3.8) is 0 Å². The Morgan fingerprint density at radius 1 is 1.25 bits per heavy atom. The van der Waals surface area contributed by atoms with Gasteiger partial charge in [-0.15, -0.1) is 11.3 Å². The van der Waals surface area contributed by atoms with E-state index in [1.165, 1.54) is 11.3 Å². The summed E-state index contributed by atoms with van der Waals surface area (Å²) in [7, 11) is 0. The number of aryl methyl sites for hydroxylation is 3. The van der Waals surface area contributed by atoms with Crippen molar-refractivity contribution < 1.29 is 9.90 Å². The van der Waals surface area contributed by atoms with Crippen LogP contribution in [0.4, 0.5) is 5.95 Å². The number of piperidine rings is 2. The average molecular weight is 402 g/mol. The Morgan fingerprint density at radius 2 is 2.00 bits per heavy atom. The second-order valence-corrected chi connectivity index (χ2v) is 9.38. The van der Waals surface area contributed by atoms with Gasteiger partial charge in [-0.3, -0.25) is 4.79 Å². The summed E-state index contributed by atoms with van der Waals surface area (Å²) in [6.45, 7) is 8.61. The number of aliphatic hydroxyl groups is 1. The van der Waals surface area contributed by atoms with Crippen LogP contribution in [0, 0.1) is 26.2 Å². The van der Waals surface area contributed by atoms with Crippen LogP contribution in [-0.4, -0.2) is 63.1 Å². The minimum Gasteiger partial charge on any atom is -0.391 e. The molecule has 1 unspecified atom stereocenters. The molecular formula is C20H27N5O2S. The van der Waals surface area contributed by atoms with E-state index >= 15 is 0 Å². The number of nitrogens with zero attached hydrogens (tertiary/aromatic N) is 5. The van der Waals surface area contributed by atoms with Crippen molar-refractivity contribution in [1.82, 2.24) is 19.9 Å². The van der Waals surface area contributed by atoms with Crippen LogP contribution in [0.1, 0.15) is 45.3 Å². The number of carbonyl (C=O) groups is 1. The number of thiazole rings is 1. The fourth-order valence-corrected chi connectivity index (χ4v) is 5.40. The second-order valence-electron chi connectivity index (χ2n) is 8.18. The Labute approximate surface area is 169 Å². The Morgan fingerprint density at radius 3 is 2.64 bits per heavy atom. The zero-order valence-corrected chi connectivity index (χ0v) is 17.5. The van der Waals surface area contributed by atoms with E-state index in [2.05, 4.69) is 19.9 Å². The van der Waals surface area contributed by atoms with Gasteiger partial charge in [0.05, 0.1) is 16.8 Å². The summed E-state index contributed by atoms with van der Waals surface area (Å²) in [6.07, 6.45) is 3.91. The van der Waals surface area contributed by atoms with Gasteiger partial charge in [-0.1, -0.05) is 0 Å². The molecule has 4 rings (SSSR count). The lowest BCUT2D eigenvalue weighted by atomic mass is 9.71. The van der Waals surface area contributed by atoms with Crippen LogP contribution in [0.15, 0.2) is 12.3 Å². The number of carbonyl (C=O) groups excluding carboxylic acids is 1. The normalized spacial score (nSPS) is 21.9. The van der Waals surface area contributed by atoms with Gasteiger partial charge < -0.3 is 14.9 Å². The van der Waals surface area contributed by atoms with Crippen molar-refractivity contribution >= 4 is 23.2 Å². The molecule has 150 valence electrons. The number of aliphatic hydroxyl groups excluding tert-OH is 1. The summed E-state index contributed by atoms with van der Waals surface area (Å²) in [5.74, 6) is 0.778. The highest BCUT2D eigenvalue weighted by molar-refractivity contribution is 7.13. The van der Waals surface area contributed by atoms with E-state index in [1.807, 2.05) is 31.7 Å². The number of aromatic nitrogens is 3. The first-order chi connectivity index (χ1) is 13.3. The van der Waals surface area contributed by atoms with Crippen LogP contribution < -0.4 is 4.90 Å². The number of likely N-dealkylation sites (tertiary alicyclic amines) is 1. The van der Waals surface area contributed by atoms with Gasteiger partial charge in [0, 0.05) is 38.1 Å². The van der Waals surface area contributed by atoms with Gasteiger partial charge in [-0.25, -0.2) is 15.0 Å². The lowest BCUT2D eigenvalue weighted by molar-refractivity contribution is 0.0246. The predicted octanol–water partition coefficient (Wildman–Crippen LogP) is 2.35. The molecule has 28 heavy (non-hydrogen) atoms. The first-order valence-electron chi connectivity index (χ1n) is 9.81. The van der Waals surface area contributed by atoms with Crippen LogP contribution in [-0.2, 0) is 0 Å². The van der Waals surface area contributed by atoms with Gasteiger partial charge in [0.1, 0.15) is 4.88 Å². The van der Waals surface area contributed by atoms with E-state index in [-0.39, 0.29) is 11.3 Å². The molecule has 0 aliphatic carbocycles. The Kier molecular flexibility index (Phi) is 5.09. The number of rotatable bonds is 2. The fourth-order valence-electron chi connectivity index (χ4n) is 4.51. The third-order valence-corrected chi connectivity index (χ3v) is 6.96. The van der Waals surface area contributed by atoms with Crippen molar-refractivity contribution in [2.45, 2.75) is 46.1 Å². The van der Waals surface area contributed by atoms with Crippen LogP contribution in [0.25, 0.3) is 0 Å². The largest absolute Gasteiger partial charge is 0.391 e. The molecule has 1 spiro atoms. The first kappa shape index (κ1) is 19.3. The fraction of sp³-hybridized carbons (Fsp3) is 0.600. The van der Waals surface area contributed by atoms with Crippen LogP contribution >= 0.6 is 11.3 Å². The molecule has 1 atom stereocenters. The van der Waals surface area contributed by atoms with E-state index < -0.39 is 6.10 Å². The quantitative estimate of drug-likeness (QED) is 0.832. The summed E-state index contributed by atoms with van der Waals surface area (Å²) in [4.78, 5) is 31.0. The van der Waals surface area contributed by atoms with Crippen molar-refractivity contribution in [2.24, 2.45) is 5.41 Å². The highest BCUT2D eigenvalue weighted by Gasteiger charge is 2.43. The third kappa shape index (κ3) is 3.75. The van der Waals surface area contributed by atoms with Gasteiger partial charge in [-0.2, -0.15) is 0 Å². The van der Waals surface area contributed by atoms with Crippen molar-refractivity contribution in [3.8, 4) is 0 Å². The highest BCUT2D eigenvalue weighted by Crippen LogP contribution is 2.41. The molecule has 4 heterocycles. The van der Waals surface area contributed by atoms with Crippen LogP contribution in [0.3, 0.4) is 0 Å². The van der Waals surface area contributed by atoms with Crippen molar-refractivity contribution in [1.29, 1.82) is 0 Å². The standard InChI is InChI=1S/C20H27N5O2S/c1-13-4-7-21-19(22-13)25-11-16(26)10-20(12-25)5-8-24(9-6-20)18(27)17-14(2)23-15(3)28-17/h4,7,16,26H,5-6,8-12H2,1-3H3. The molecule has 2 aliphatic heterocycles. The van der Waals surface area contributed by atoms with Gasteiger partial charge in [0.15, 0.2) is 0 Å². The second kappa shape index (κ2) is 7.40. The molecule has 2 aliphatic rings. The molecule has 2 fully saturated rings. The topological polar surface area (TPSA) is 82.5 Å². The minimum absolute atomic E-state index is 0.000212. The lowest BCUT2D eigenvalue weighted by Crippen LogP contribution is -2.55. The molecule has 8 heteroatoms. The third-order valence-electron chi connectivity index (χ3n) is 5.90. The number of amides is 1. The molecule has 0 saturated carbocycles. The smallest absolute Gasteiger partial charge is 0.265 e. The van der Waals surface area contributed by atoms with Gasteiger partial charge >= 0.3 is 0 Å². The van der Waals surface area contributed by atoms with E-state index in [0.717, 1.165) is 47.1 Å². The highest BCUT2D eigenvalue weighted by atomic mass is 32.1. The molecular weight excluding hydrogens is 374 g/mol. The summed E-state index contributed by atoms with van der Waals surface area (Å²) in [5.41, 5.74) is 1.75. The van der Waals surface area contributed by atoms with Crippen LogP contribution in [0.5, 0.6) is 0 Å². The van der Waals surface area contributed by atoms with Gasteiger partial charge in [-0.05, 0) is 51.5 Å². The Balaban J connectivity index is 1.46.